The Balaban J connectivity index is 2.71. The molecule has 0 radical (unpaired) electrons. The number of carbonyl (C=O) groups is 2. The maximum Gasteiger partial charge on any atom is 0.355 e. The fraction of sp³-hybridized carbons (Fsp3) is 0.263. The number of hydrogen-bond acceptors (Lipinski definition) is 6. The molecule has 0 unspecified atom stereocenters. The zero-order valence-electron chi connectivity index (χ0n) is 15.0. The Morgan fingerprint density at radius 3 is 2.20 bits per heavy atom. The molecule has 6 heteroatoms. The van der Waals surface area contributed by atoms with Gasteiger partial charge in [-0.05, 0) is 49.3 Å². The van der Waals surface area contributed by atoms with Crippen molar-refractivity contribution in [2.45, 2.75) is 13.8 Å². The van der Waals surface area contributed by atoms with Gasteiger partial charge in [0.15, 0.2) is 0 Å². The molecule has 0 aliphatic carbocycles. The lowest BCUT2D eigenvalue weighted by Gasteiger charge is -2.26. The van der Waals surface area contributed by atoms with Gasteiger partial charge in [-0.2, -0.15) is 0 Å². The second-order valence-electron chi connectivity index (χ2n) is 5.35. The van der Waals surface area contributed by atoms with E-state index in [1.54, 1.807) is 30.4 Å². The predicted molar refractivity (Wildman–Crippen MR) is 94.3 cm³/mol. The number of allylic oxidation sites excluding steroid dienone is 2. The Kier molecular flexibility index (Phi) is 5.64. The van der Waals surface area contributed by atoms with Crippen LogP contribution in [-0.4, -0.2) is 33.3 Å². The summed E-state index contributed by atoms with van der Waals surface area (Å²) < 4.78 is 15.1. The molecular formula is C19H21NO5. The van der Waals surface area contributed by atoms with Gasteiger partial charge in [0, 0.05) is 11.9 Å². The molecular weight excluding hydrogens is 322 g/mol. The largest absolute Gasteiger partial charge is 0.496 e. The van der Waals surface area contributed by atoms with E-state index < -0.39 is 11.9 Å². The summed E-state index contributed by atoms with van der Waals surface area (Å²) in [4.78, 5) is 26.2. The predicted octanol–water partition coefficient (Wildman–Crippen LogP) is 2.80. The van der Waals surface area contributed by atoms with Crippen molar-refractivity contribution in [2.24, 2.45) is 0 Å². The Morgan fingerprint density at radius 1 is 0.920 bits per heavy atom. The third-order valence-electron chi connectivity index (χ3n) is 4.08. The smallest absolute Gasteiger partial charge is 0.355 e. The van der Waals surface area contributed by atoms with Crippen molar-refractivity contribution in [3.8, 4) is 5.75 Å². The van der Waals surface area contributed by atoms with E-state index in [1.807, 2.05) is 26.0 Å². The number of rotatable bonds is 4. The summed E-state index contributed by atoms with van der Waals surface area (Å²) in [6, 6.07) is 3.64. The molecule has 1 heterocycles. The third-order valence-corrected chi connectivity index (χ3v) is 4.08. The van der Waals surface area contributed by atoms with Crippen LogP contribution in [0.25, 0.3) is 0 Å². The second kappa shape index (κ2) is 7.70. The first kappa shape index (κ1) is 18.3. The zero-order valence-corrected chi connectivity index (χ0v) is 15.0. The molecule has 25 heavy (non-hydrogen) atoms. The van der Waals surface area contributed by atoms with Gasteiger partial charge >= 0.3 is 11.9 Å². The lowest BCUT2D eigenvalue weighted by molar-refractivity contribution is -0.139. The van der Waals surface area contributed by atoms with Crippen molar-refractivity contribution in [1.29, 1.82) is 0 Å². The highest BCUT2D eigenvalue weighted by Gasteiger charge is 2.28. The quantitative estimate of drug-likeness (QED) is 0.783. The van der Waals surface area contributed by atoms with Gasteiger partial charge in [0.2, 0.25) is 0 Å². The zero-order chi connectivity index (χ0) is 18.6. The molecule has 2 rings (SSSR count). The standard InChI is InChI=1S/C19H21NO5/c1-12-13(2)16(23-3)10-9-15(12)20-11-7-6-8-14(18(21)24-4)17(20)19(22)25-5/h6-11H,1-5H3. The van der Waals surface area contributed by atoms with Crippen molar-refractivity contribution < 1.29 is 23.8 Å². The number of anilines is 1. The van der Waals surface area contributed by atoms with Crippen LogP contribution in [0.2, 0.25) is 0 Å². The molecule has 1 aromatic rings. The maximum absolute atomic E-state index is 12.4. The average molecular weight is 343 g/mol. The summed E-state index contributed by atoms with van der Waals surface area (Å²) in [5.74, 6) is -0.507. The molecule has 0 atom stereocenters. The summed E-state index contributed by atoms with van der Waals surface area (Å²) >= 11 is 0. The highest BCUT2D eigenvalue weighted by Crippen LogP contribution is 2.34. The van der Waals surface area contributed by atoms with Crippen LogP contribution in [-0.2, 0) is 19.1 Å². The van der Waals surface area contributed by atoms with E-state index in [4.69, 9.17) is 14.2 Å². The Labute approximate surface area is 147 Å². The third kappa shape index (κ3) is 3.42. The molecule has 0 aromatic heterocycles. The van der Waals surface area contributed by atoms with Crippen LogP contribution in [0.4, 0.5) is 5.69 Å². The van der Waals surface area contributed by atoms with Crippen LogP contribution in [0.1, 0.15) is 11.1 Å². The van der Waals surface area contributed by atoms with Crippen molar-refractivity contribution in [1.82, 2.24) is 0 Å². The molecule has 1 aliphatic rings. The van der Waals surface area contributed by atoms with E-state index in [0.717, 1.165) is 22.6 Å². The fourth-order valence-corrected chi connectivity index (χ4v) is 2.61. The summed E-state index contributed by atoms with van der Waals surface area (Å²) in [7, 11) is 4.14. The van der Waals surface area contributed by atoms with Crippen LogP contribution < -0.4 is 9.64 Å². The van der Waals surface area contributed by atoms with Crippen LogP contribution in [0.15, 0.2) is 47.8 Å². The number of esters is 2. The molecule has 1 aromatic carbocycles. The minimum Gasteiger partial charge on any atom is -0.496 e. The number of hydrogen-bond donors (Lipinski definition) is 0. The van der Waals surface area contributed by atoms with Gasteiger partial charge in [-0.15, -0.1) is 0 Å². The van der Waals surface area contributed by atoms with Crippen molar-refractivity contribution in [3.63, 3.8) is 0 Å². The molecule has 0 saturated carbocycles. The number of nitrogens with zero attached hydrogens (tertiary/aromatic N) is 1. The molecule has 0 fully saturated rings. The first-order valence-electron chi connectivity index (χ1n) is 7.65. The molecule has 0 N–H and O–H groups in total. The van der Waals surface area contributed by atoms with E-state index in [9.17, 15) is 9.59 Å². The highest BCUT2D eigenvalue weighted by atomic mass is 16.5. The van der Waals surface area contributed by atoms with Crippen LogP contribution in [0.3, 0.4) is 0 Å². The van der Waals surface area contributed by atoms with Crippen molar-refractivity contribution in [3.05, 3.63) is 59.0 Å². The van der Waals surface area contributed by atoms with Gasteiger partial charge in [-0.25, -0.2) is 9.59 Å². The van der Waals surface area contributed by atoms with Gasteiger partial charge in [0.1, 0.15) is 11.4 Å². The van der Waals surface area contributed by atoms with Gasteiger partial charge in [-0.3, -0.25) is 0 Å². The van der Waals surface area contributed by atoms with Crippen molar-refractivity contribution >= 4 is 17.6 Å². The summed E-state index contributed by atoms with van der Waals surface area (Å²) in [5.41, 5.74) is 2.80. The lowest BCUT2D eigenvalue weighted by atomic mass is 10.0. The van der Waals surface area contributed by atoms with E-state index in [0.29, 0.717) is 0 Å². The van der Waals surface area contributed by atoms with E-state index in [1.165, 1.54) is 20.3 Å². The molecule has 132 valence electrons. The number of ether oxygens (including phenoxy) is 3. The topological polar surface area (TPSA) is 65.1 Å². The molecule has 0 saturated heterocycles. The summed E-state index contributed by atoms with van der Waals surface area (Å²) in [6.45, 7) is 3.85. The van der Waals surface area contributed by atoms with E-state index >= 15 is 0 Å². The second-order valence-corrected chi connectivity index (χ2v) is 5.35. The molecule has 6 nitrogen and oxygen atoms in total. The normalized spacial score (nSPS) is 13.6. The first-order valence-corrected chi connectivity index (χ1v) is 7.65. The molecule has 1 aliphatic heterocycles. The van der Waals surface area contributed by atoms with Crippen molar-refractivity contribution in [2.75, 3.05) is 26.2 Å². The Morgan fingerprint density at radius 2 is 1.60 bits per heavy atom. The fourth-order valence-electron chi connectivity index (χ4n) is 2.61. The number of benzene rings is 1. The highest BCUT2D eigenvalue weighted by molar-refractivity contribution is 6.05. The van der Waals surface area contributed by atoms with Gasteiger partial charge in [0.25, 0.3) is 0 Å². The molecule has 0 amide bonds. The number of carbonyl (C=O) groups excluding carboxylic acids is 2. The maximum atomic E-state index is 12.4. The minimum atomic E-state index is -0.635. The lowest BCUT2D eigenvalue weighted by Crippen LogP contribution is -2.27. The summed E-state index contributed by atoms with van der Waals surface area (Å²) in [5, 5.41) is 0. The SMILES string of the molecule is COC(=O)C1=C(C(=O)OC)N(c2ccc(OC)c(C)c2C)C=CC=C1. The minimum absolute atomic E-state index is 0.0898. The van der Waals surface area contributed by atoms with Crippen LogP contribution >= 0.6 is 0 Å². The van der Waals surface area contributed by atoms with E-state index in [2.05, 4.69) is 0 Å². The Bertz CT molecular complexity index is 789. The van der Waals surface area contributed by atoms with Gasteiger partial charge in [0.05, 0.1) is 26.9 Å². The monoisotopic (exact) mass is 343 g/mol. The van der Waals surface area contributed by atoms with Crippen LogP contribution in [0.5, 0.6) is 5.75 Å². The van der Waals surface area contributed by atoms with Gasteiger partial charge < -0.3 is 19.1 Å². The number of methoxy groups -OCH3 is 3. The van der Waals surface area contributed by atoms with E-state index in [-0.39, 0.29) is 11.3 Å². The summed E-state index contributed by atoms with van der Waals surface area (Å²) in [6.07, 6.45) is 6.63. The molecule has 0 bridgehead atoms. The Hall–Kier alpha value is -3.02. The average Bonchev–Trinajstić information content (AvgIpc) is 2.85. The molecule has 0 spiro atoms. The van der Waals surface area contributed by atoms with Gasteiger partial charge in [-0.1, -0.05) is 6.08 Å². The van der Waals surface area contributed by atoms with Crippen LogP contribution in [0, 0.1) is 13.8 Å². The first-order chi connectivity index (χ1) is 12.0.